The second kappa shape index (κ2) is 7.41. The van der Waals surface area contributed by atoms with E-state index in [1.807, 2.05) is 63.9 Å². The van der Waals surface area contributed by atoms with Crippen molar-refractivity contribution in [2.45, 2.75) is 64.8 Å². The summed E-state index contributed by atoms with van der Waals surface area (Å²) in [4.78, 5) is 31.2. The molecule has 1 fully saturated rings. The van der Waals surface area contributed by atoms with Crippen molar-refractivity contribution in [1.82, 2.24) is 9.80 Å². The molecule has 3 rings (SSSR count). The minimum Gasteiger partial charge on any atom is -0.444 e. The molecule has 6 heteroatoms. The number of hydrogen-bond donors (Lipinski definition) is 0. The number of amides is 2. The van der Waals surface area contributed by atoms with Crippen LogP contribution >= 0.6 is 0 Å². The van der Waals surface area contributed by atoms with Gasteiger partial charge in [0, 0.05) is 25.3 Å². The van der Waals surface area contributed by atoms with Gasteiger partial charge < -0.3 is 14.5 Å². The van der Waals surface area contributed by atoms with Gasteiger partial charge in [0.2, 0.25) is 5.91 Å². The maximum absolute atomic E-state index is 12.7. The zero-order valence-corrected chi connectivity index (χ0v) is 17.1. The zero-order chi connectivity index (χ0) is 19.8. The molecule has 1 heterocycles. The fourth-order valence-electron chi connectivity index (χ4n) is 3.46. The first-order chi connectivity index (χ1) is 12.7. The number of para-hydroxylation sites is 1. The summed E-state index contributed by atoms with van der Waals surface area (Å²) >= 11 is 0. The third-order valence-corrected chi connectivity index (χ3v) is 5.13. The van der Waals surface area contributed by atoms with Crippen LogP contribution in [0.25, 0.3) is 0 Å². The van der Waals surface area contributed by atoms with Gasteiger partial charge in [-0.05, 0) is 52.2 Å². The first-order valence-electron chi connectivity index (χ1n) is 9.74. The van der Waals surface area contributed by atoms with Gasteiger partial charge in [0.25, 0.3) is 0 Å². The number of carbonyl (C=O) groups is 2. The van der Waals surface area contributed by atoms with Crippen molar-refractivity contribution >= 4 is 17.7 Å². The van der Waals surface area contributed by atoms with E-state index in [1.165, 1.54) is 0 Å². The van der Waals surface area contributed by atoms with Gasteiger partial charge in [0.1, 0.15) is 5.60 Å². The number of hydrogen-bond acceptors (Lipinski definition) is 4. The number of likely N-dealkylation sites (N-methyl/N-ethyl adjacent to an activating group) is 1. The molecule has 2 amide bonds. The van der Waals surface area contributed by atoms with Crippen LogP contribution in [0.4, 0.5) is 10.5 Å². The van der Waals surface area contributed by atoms with E-state index in [-0.39, 0.29) is 18.0 Å². The largest absolute Gasteiger partial charge is 0.444 e. The molecule has 2 aliphatic rings. The minimum atomic E-state index is -0.536. The monoisotopic (exact) mass is 373 g/mol. The van der Waals surface area contributed by atoms with Crippen LogP contribution in [0.3, 0.4) is 0 Å². The van der Waals surface area contributed by atoms with Gasteiger partial charge >= 0.3 is 6.09 Å². The van der Waals surface area contributed by atoms with Crippen LogP contribution in [0.15, 0.2) is 24.3 Å². The SMILES string of the molecule is CC1CN(CC(=O)N(C)C2CC2)c2ccccc2CN1C(=O)OC(C)(C)C. The van der Waals surface area contributed by atoms with Gasteiger partial charge in [-0.2, -0.15) is 0 Å². The third-order valence-electron chi connectivity index (χ3n) is 5.13. The van der Waals surface area contributed by atoms with Gasteiger partial charge in [0.15, 0.2) is 0 Å². The number of ether oxygens (including phenoxy) is 1. The molecule has 1 aromatic carbocycles. The van der Waals surface area contributed by atoms with Crippen LogP contribution in [-0.2, 0) is 16.1 Å². The van der Waals surface area contributed by atoms with Crippen molar-refractivity contribution in [2.75, 3.05) is 25.0 Å². The second-order valence-corrected chi connectivity index (χ2v) is 8.70. The van der Waals surface area contributed by atoms with Crippen molar-refractivity contribution in [3.05, 3.63) is 29.8 Å². The highest BCUT2D eigenvalue weighted by atomic mass is 16.6. The Morgan fingerprint density at radius 1 is 1.22 bits per heavy atom. The summed E-state index contributed by atoms with van der Waals surface area (Å²) in [6.07, 6.45) is 1.89. The first-order valence-corrected chi connectivity index (χ1v) is 9.74. The molecule has 1 unspecified atom stereocenters. The van der Waals surface area contributed by atoms with E-state index < -0.39 is 5.60 Å². The smallest absolute Gasteiger partial charge is 0.410 e. The maximum atomic E-state index is 12.7. The molecule has 1 aromatic rings. The van der Waals surface area contributed by atoms with Crippen LogP contribution in [0.1, 0.15) is 46.1 Å². The summed E-state index contributed by atoms with van der Waals surface area (Å²) in [6, 6.07) is 8.34. The third kappa shape index (κ3) is 4.73. The summed E-state index contributed by atoms with van der Waals surface area (Å²) in [6.45, 7) is 9.05. The number of carbonyl (C=O) groups excluding carboxylic acids is 2. The summed E-state index contributed by atoms with van der Waals surface area (Å²) in [5.74, 6) is 0.130. The van der Waals surface area contributed by atoms with Gasteiger partial charge in [-0.3, -0.25) is 9.69 Å². The van der Waals surface area contributed by atoms with E-state index in [0.717, 1.165) is 24.1 Å². The average molecular weight is 373 g/mol. The molecule has 1 atom stereocenters. The van der Waals surface area contributed by atoms with Crippen molar-refractivity contribution in [1.29, 1.82) is 0 Å². The van der Waals surface area contributed by atoms with Crippen LogP contribution < -0.4 is 4.90 Å². The lowest BCUT2D eigenvalue weighted by Gasteiger charge is -2.32. The molecule has 1 aliphatic heterocycles. The molecular weight excluding hydrogens is 342 g/mol. The lowest BCUT2D eigenvalue weighted by atomic mass is 10.1. The van der Waals surface area contributed by atoms with Gasteiger partial charge in [-0.1, -0.05) is 18.2 Å². The van der Waals surface area contributed by atoms with E-state index in [2.05, 4.69) is 4.90 Å². The minimum absolute atomic E-state index is 0.0636. The molecule has 1 aliphatic carbocycles. The first kappa shape index (κ1) is 19.5. The summed E-state index contributed by atoms with van der Waals surface area (Å²) in [5, 5.41) is 0. The molecule has 0 saturated heterocycles. The molecule has 148 valence electrons. The van der Waals surface area contributed by atoms with Crippen LogP contribution in [0.2, 0.25) is 0 Å². The Labute approximate surface area is 162 Å². The van der Waals surface area contributed by atoms with Crippen LogP contribution in [-0.4, -0.2) is 59.6 Å². The van der Waals surface area contributed by atoms with Gasteiger partial charge in [-0.25, -0.2) is 4.79 Å². The highest BCUT2D eigenvalue weighted by Crippen LogP contribution is 2.29. The predicted octanol–water partition coefficient (Wildman–Crippen LogP) is 3.25. The Bertz CT molecular complexity index is 709. The van der Waals surface area contributed by atoms with Gasteiger partial charge in [0.05, 0.1) is 19.1 Å². The molecule has 0 spiro atoms. The van der Waals surface area contributed by atoms with E-state index in [0.29, 0.717) is 25.7 Å². The fraction of sp³-hybridized carbons (Fsp3) is 0.619. The van der Waals surface area contributed by atoms with Crippen molar-refractivity contribution in [3.63, 3.8) is 0 Å². The Hall–Kier alpha value is -2.24. The number of fused-ring (bicyclic) bond motifs is 1. The number of nitrogens with zero attached hydrogens (tertiary/aromatic N) is 3. The van der Waals surface area contributed by atoms with E-state index in [4.69, 9.17) is 4.74 Å². The highest BCUT2D eigenvalue weighted by Gasteiger charge is 2.34. The number of rotatable bonds is 3. The molecule has 0 aromatic heterocycles. The Balaban J connectivity index is 1.81. The van der Waals surface area contributed by atoms with Crippen molar-refractivity contribution in [3.8, 4) is 0 Å². The molecular formula is C21H31N3O3. The normalized spacial score (nSPS) is 20.0. The predicted molar refractivity (Wildman–Crippen MR) is 106 cm³/mol. The zero-order valence-electron chi connectivity index (χ0n) is 17.1. The molecule has 0 radical (unpaired) electrons. The summed E-state index contributed by atoms with van der Waals surface area (Å²) in [7, 11) is 1.89. The Kier molecular flexibility index (Phi) is 5.36. The van der Waals surface area contributed by atoms with Crippen molar-refractivity contribution in [2.24, 2.45) is 0 Å². The van der Waals surface area contributed by atoms with Crippen LogP contribution in [0.5, 0.6) is 0 Å². The molecule has 0 N–H and O–H groups in total. The topological polar surface area (TPSA) is 53.1 Å². The van der Waals surface area contributed by atoms with E-state index in [1.54, 1.807) is 4.90 Å². The van der Waals surface area contributed by atoms with E-state index >= 15 is 0 Å². The Morgan fingerprint density at radius 3 is 2.52 bits per heavy atom. The quantitative estimate of drug-likeness (QED) is 0.816. The molecule has 27 heavy (non-hydrogen) atoms. The molecule has 0 bridgehead atoms. The Morgan fingerprint density at radius 2 is 1.89 bits per heavy atom. The molecule has 1 saturated carbocycles. The number of anilines is 1. The lowest BCUT2D eigenvalue weighted by Crippen LogP contribution is -2.47. The lowest BCUT2D eigenvalue weighted by molar-refractivity contribution is -0.128. The highest BCUT2D eigenvalue weighted by molar-refractivity contribution is 5.82. The summed E-state index contributed by atoms with van der Waals surface area (Å²) in [5.41, 5.74) is 1.52. The van der Waals surface area contributed by atoms with Crippen LogP contribution in [0, 0.1) is 0 Å². The number of benzene rings is 1. The standard InChI is InChI=1S/C21H31N3O3/c1-15-12-23(14-19(25)22(5)17-10-11-17)18-9-7-6-8-16(18)13-24(15)20(26)27-21(2,3)4/h6-9,15,17H,10-14H2,1-5H3. The van der Waals surface area contributed by atoms with Gasteiger partial charge in [-0.15, -0.1) is 0 Å². The summed E-state index contributed by atoms with van der Waals surface area (Å²) < 4.78 is 5.61. The maximum Gasteiger partial charge on any atom is 0.410 e. The van der Waals surface area contributed by atoms with Crippen molar-refractivity contribution < 1.29 is 14.3 Å². The van der Waals surface area contributed by atoms with E-state index in [9.17, 15) is 9.59 Å². The second-order valence-electron chi connectivity index (χ2n) is 8.70. The average Bonchev–Trinajstić information content (AvgIpc) is 3.41. The molecule has 6 nitrogen and oxygen atoms in total. The fourth-order valence-corrected chi connectivity index (χ4v) is 3.46.